The van der Waals surface area contributed by atoms with Gasteiger partial charge in [0.15, 0.2) is 0 Å². The first kappa shape index (κ1) is 18.3. The van der Waals surface area contributed by atoms with E-state index in [0.717, 1.165) is 38.0 Å². The van der Waals surface area contributed by atoms with Gasteiger partial charge < -0.3 is 10.2 Å². The van der Waals surface area contributed by atoms with Crippen molar-refractivity contribution in [2.45, 2.75) is 57.9 Å². The van der Waals surface area contributed by atoms with Gasteiger partial charge in [0, 0.05) is 18.2 Å². The Morgan fingerprint density at radius 1 is 1.17 bits per heavy atom. The van der Waals surface area contributed by atoms with Gasteiger partial charge in [0.25, 0.3) is 5.91 Å². The van der Waals surface area contributed by atoms with Gasteiger partial charge in [-0.15, -0.1) is 12.4 Å². The van der Waals surface area contributed by atoms with E-state index in [2.05, 4.69) is 36.2 Å². The fourth-order valence-corrected chi connectivity index (χ4v) is 4.01. The Labute approximate surface area is 146 Å². The highest BCUT2D eigenvalue weighted by molar-refractivity contribution is 5.96. The summed E-state index contributed by atoms with van der Waals surface area (Å²) in [5, 5.41) is 3.42. The number of hydrogen-bond donors (Lipinski definition) is 1. The molecule has 2 heterocycles. The van der Waals surface area contributed by atoms with Crippen LogP contribution in [0.2, 0.25) is 0 Å². The Morgan fingerprint density at radius 3 is 2.61 bits per heavy atom. The van der Waals surface area contributed by atoms with E-state index in [0.29, 0.717) is 12.0 Å². The minimum atomic E-state index is 0. The van der Waals surface area contributed by atoms with E-state index in [1.54, 1.807) is 0 Å². The SMILES string of the molecule is Cc1c(C(=O)N2CCCCC2C)cccc1C1CCNCC1.Cl. The smallest absolute Gasteiger partial charge is 0.254 e. The van der Waals surface area contributed by atoms with E-state index in [-0.39, 0.29) is 18.3 Å². The van der Waals surface area contributed by atoms with Crippen molar-refractivity contribution in [3.05, 3.63) is 34.9 Å². The van der Waals surface area contributed by atoms with Crippen LogP contribution in [0.15, 0.2) is 18.2 Å². The largest absolute Gasteiger partial charge is 0.336 e. The lowest BCUT2D eigenvalue weighted by Crippen LogP contribution is -2.42. The molecule has 2 saturated heterocycles. The molecular formula is C19H29ClN2O. The Balaban J connectivity index is 0.00000192. The Kier molecular flexibility index (Phi) is 6.49. The summed E-state index contributed by atoms with van der Waals surface area (Å²) in [4.78, 5) is 15.1. The minimum absolute atomic E-state index is 0. The first-order valence-electron chi connectivity index (χ1n) is 8.79. The molecule has 0 spiro atoms. The summed E-state index contributed by atoms with van der Waals surface area (Å²) in [6.07, 6.45) is 5.89. The quantitative estimate of drug-likeness (QED) is 0.888. The third-order valence-electron chi connectivity index (χ3n) is 5.45. The molecule has 0 saturated carbocycles. The van der Waals surface area contributed by atoms with Crippen molar-refractivity contribution in [1.29, 1.82) is 0 Å². The van der Waals surface area contributed by atoms with Gasteiger partial charge in [0.1, 0.15) is 0 Å². The predicted octanol–water partition coefficient (Wildman–Crippen LogP) is 3.90. The Bertz CT molecular complexity index is 540. The van der Waals surface area contributed by atoms with Gasteiger partial charge in [-0.3, -0.25) is 4.79 Å². The van der Waals surface area contributed by atoms with E-state index in [4.69, 9.17) is 0 Å². The van der Waals surface area contributed by atoms with Crippen LogP contribution >= 0.6 is 12.4 Å². The second-order valence-electron chi connectivity index (χ2n) is 6.89. The van der Waals surface area contributed by atoms with Crippen molar-refractivity contribution in [3.63, 3.8) is 0 Å². The molecule has 1 atom stereocenters. The van der Waals surface area contributed by atoms with Crippen molar-refractivity contribution in [1.82, 2.24) is 10.2 Å². The molecule has 4 heteroatoms. The van der Waals surface area contributed by atoms with Crippen LogP contribution < -0.4 is 5.32 Å². The molecule has 128 valence electrons. The van der Waals surface area contributed by atoms with Crippen molar-refractivity contribution in [2.75, 3.05) is 19.6 Å². The number of piperidine rings is 2. The van der Waals surface area contributed by atoms with E-state index in [1.165, 1.54) is 30.4 Å². The first-order chi connectivity index (χ1) is 10.7. The van der Waals surface area contributed by atoms with Crippen LogP contribution in [0.1, 0.15) is 66.4 Å². The standard InChI is InChI=1S/C19H28N2O.ClH/c1-14-6-3-4-13-21(14)19(22)18-8-5-7-17(15(18)2)16-9-11-20-12-10-16;/h5,7-8,14,16,20H,3-4,6,9-13H2,1-2H3;1H. The molecule has 0 radical (unpaired) electrons. The van der Waals surface area contributed by atoms with Crippen molar-refractivity contribution >= 4 is 18.3 Å². The van der Waals surface area contributed by atoms with E-state index >= 15 is 0 Å². The van der Waals surface area contributed by atoms with Crippen LogP contribution in [0.25, 0.3) is 0 Å². The van der Waals surface area contributed by atoms with Crippen LogP contribution in [0.3, 0.4) is 0 Å². The molecule has 1 unspecified atom stereocenters. The summed E-state index contributed by atoms with van der Waals surface area (Å²) < 4.78 is 0. The monoisotopic (exact) mass is 336 g/mol. The summed E-state index contributed by atoms with van der Waals surface area (Å²) in [7, 11) is 0. The maximum Gasteiger partial charge on any atom is 0.254 e. The zero-order chi connectivity index (χ0) is 15.5. The lowest BCUT2D eigenvalue weighted by Gasteiger charge is -2.34. The second-order valence-corrected chi connectivity index (χ2v) is 6.89. The number of benzene rings is 1. The molecule has 1 N–H and O–H groups in total. The Hall–Kier alpha value is -1.06. The molecular weight excluding hydrogens is 308 g/mol. The average Bonchev–Trinajstić information content (AvgIpc) is 2.56. The highest BCUT2D eigenvalue weighted by atomic mass is 35.5. The van der Waals surface area contributed by atoms with E-state index < -0.39 is 0 Å². The normalized spacial score (nSPS) is 22.5. The molecule has 1 aromatic carbocycles. The van der Waals surface area contributed by atoms with Crippen LogP contribution in [-0.4, -0.2) is 36.5 Å². The third-order valence-corrected chi connectivity index (χ3v) is 5.45. The molecule has 1 amide bonds. The predicted molar refractivity (Wildman–Crippen MR) is 97.6 cm³/mol. The molecule has 1 aromatic rings. The molecule has 2 aliphatic rings. The maximum atomic E-state index is 13.0. The van der Waals surface area contributed by atoms with E-state index in [9.17, 15) is 4.79 Å². The molecule has 0 bridgehead atoms. The van der Waals surface area contributed by atoms with Gasteiger partial charge in [-0.1, -0.05) is 12.1 Å². The van der Waals surface area contributed by atoms with Gasteiger partial charge >= 0.3 is 0 Å². The lowest BCUT2D eigenvalue weighted by atomic mass is 9.85. The molecule has 2 fully saturated rings. The molecule has 0 aromatic heterocycles. The number of carbonyl (C=O) groups excluding carboxylic acids is 1. The molecule has 2 aliphatic heterocycles. The lowest BCUT2D eigenvalue weighted by molar-refractivity contribution is 0.0634. The third kappa shape index (κ3) is 3.89. The van der Waals surface area contributed by atoms with Gasteiger partial charge in [0.05, 0.1) is 0 Å². The number of rotatable bonds is 2. The van der Waals surface area contributed by atoms with E-state index in [1.807, 2.05) is 6.07 Å². The highest BCUT2D eigenvalue weighted by Crippen LogP contribution is 2.30. The average molecular weight is 337 g/mol. The number of likely N-dealkylation sites (tertiary alicyclic amines) is 1. The maximum absolute atomic E-state index is 13.0. The molecule has 23 heavy (non-hydrogen) atoms. The summed E-state index contributed by atoms with van der Waals surface area (Å²) in [5.41, 5.74) is 3.51. The van der Waals surface area contributed by atoms with Crippen molar-refractivity contribution in [2.24, 2.45) is 0 Å². The molecule has 3 nitrogen and oxygen atoms in total. The van der Waals surface area contributed by atoms with Crippen molar-refractivity contribution in [3.8, 4) is 0 Å². The van der Waals surface area contributed by atoms with Gasteiger partial charge in [-0.2, -0.15) is 0 Å². The molecule has 0 aliphatic carbocycles. The number of amides is 1. The van der Waals surface area contributed by atoms with Gasteiger partial charge in [-0.25, -0.2) is 0 Å². The first-order valence-corrected chi connectivity index (χ1v) is 8.79. The van der Waals surface area contributed by atoms with Crippen LogP contribution in [0.4, 0.5) is 0 Å². The van der Waals surface area contributed by atoms with Gasteiger partial charge in [-0.05, 0) is 82.2 Å². The zero-order valence-corrected chi connectivity index (χ0v) is 15.1. The number of carbonyl (C=O) groups is 1. The summed E-state index contributed by atoms with van der Waals surface area (Å²) in [5.74, 6) is 0.841. The number of hydrogen-bond acceptors (Lipinski definition) is 2. The number of nitrogens with one attached hydrogen (secondary N) is 1. The number of halogens is 1. The summed E-state index contributed by atoms with van der Waals surface area (Å²) in [6.45, 7) is 7.41. The van der Waals surface area contributed by atoms with Crippen LogP contribution in [0, 0.1) is 6.92 Å². The molecule has 3 rings (SSSR count). The van der Waals surface area contributed by atoms with Crippen LogP contribution in [-0.2, 0) is 0 Å². The fourth-order valence-electron chi connectivity index (χ4n) is 4.01. The topological polar surface area (TPSA) is 32.3 Å². The summed E-state index contributed by atoms with van der Waals surface area (Å²) in [6, 6.07) is 6.69. The minimum Gasteiger partial charge on any atom is -0.336 e. The summed E-state index contributed by atoms with van der Waals surface area (Å²) >= 11 is 0. The second kappa shape index (κ2) is 8.16. The van der Waals surface area contributed by atoms with Crippen molar-refractivity contribution < 1.29 is 4.79 Å². The fraction of sp³-hybridized carbons (Fsp3) is 0.632. The zero-order valence-electron chi connectivity index (χ0n) is 14.3. The number of nitrogens with zero attached hydrogens (tertiary/aromatic N) is 1. The Morgan fingerprint density at radius 2 is 1.91 bits per heavy atom. The highest BCUT2D eigenvalue weighted by Gasteiger charge is 2.26. The van der Waals surface area contributed by atoms with Gasteiger partial charge in [0.2, 0.25) is 0 Å². The van der Waals surface area contributed by atoms with Crippen LogP contribution in [0.5, 0.6) is 0 Å².